The molecule has 19 heavy (non-hydrogen) atoms. The quantitative estimate of drug-likeness (QED) is 0.893. The minimum absolute atomic E-state index is 0.0477. The van der Waals surface area contributed by atoms with E-state index >= 15 is 0 Å². The molecule has 106 valence electrons. The molecule has 3 rings (SSSR count). The molecule has 3 heterocycles. The van der Waals surface area contributed by atoms with E-state index in [1.54, 1.807) is 0 Å². The number of rotatable bonds is 2. The van der Waals surface area contributed by atoms with Crippen LogP contribution in [0.1, 0.15) is 36.2 Å². The van der Waals surface area contributed by atoms with Crippen molar-refractivity contribution >= 4 is 23.5 Å². The zero-order chi connectivity index (χ0) is 13.2. The second-order valence-electron chi connectivity index (χ2n) is 4.99. The fourth-order valence-corrected chi connectivity index (χ4v) is 5.12. The van der Waals surface area contributed by atoms with Crippen LogP contribution in [0.15, 0.2) is 4.52 Å². The Bertz CT molecular complexity index is 392. The minimum atomic E-state index is 0.0477. The van der Waals surface area contributed by atoms with Crippen LogP contribution in [0.5, 0.6) is 0 Å². The van der Waals surface area contributed by atoms with E-state index in [0.717, 1.165) is 24.6 Å². The fraction of sp³-hybridized carbons (Fsp3) is 0.833. The molecule has 4 atom stereocenters. The van der Waals surface area contributed by atoms with Crippen LogP contribution in [0.3, 0.4) is 0 Å². The summed E-state index contributed by atoms with van der Waals surface area (Å²) in [5.41, 5.74) is 6.11. The van der Waals surface area contributed by atoms with Crippen molar-refractivity contribution in [1.82, 2.24) is 10.1 Å². The van der Waals surface area contributed by atoms with Crippen LogP contribution in [-0.2, 0) is 4.74 Å². The van der Waals surface area contributed by atoms with Gasteiger partial charge >= 0.3 is 0 Å². The van der Waals surface area contributed by atoms with E-state index in [4.69, 9.17) is 15.0 Å². The molecule has 2 fully saturated rings. The SMILES string of the molecule is CC1SCCSC1c1noc(C2COCCC2N)n1. The van der Waals surface area contributed by atoms with Gasteiger partial charge in [0.1, 0.15) is 0 Å². The van der Waals surface area contributed by atoms with Crippen molar-refractivity contribution in [3.05, 3.63) is 11.7 Å². The van der Waals surface area contributed by atoms with Crippen molar-refractivity contribution in [3.8, 4) is 0 Å². The lowest BCUT2D eigenvalue weighted by molar-refractivity contribution is 0.0590. The molecule has 0 amide bonds. The highest BCUT2D eigenvalue weighted by Gasteiger charge is 2.32. The third-order valence-corrected chi connectivity index (χ3v) is 6.71. The number of aromatic nitrogens is 2. The van der Waals surface area contributed by atoms with Crippen LogP contribution in [0, 0.1) is 0 Å². The summed E-state index contributed by atoms with van der Waals surface area (Å²) in [4.78, 5) is 4.59. The van der Waals surface area contributed by atoms with Crippen LogP contribution in [0.2, 0.25) is 0 Å². The average molecular weight is 301 g/mol. The van der Waals surface area contributed by atoms with Gasteiger partial charge < -0.3 is 15.0 Å². The molecule has 2 N–H and O–H groups in total. The Morgan fingerprint density at radius 1 is 1.32 bits per heavy atom. The molecule has 2 saturated heterocycles. The Labute approximate surface area is 121 Å². The lowest BCUT2D eigenvalue weighted by atomic mass is 9.97. The molecule has 0 aliphatic carbocycles. The first-order valence-corrected chi connectivity index (χ1v) is 8.75. The van der Waals surface area contributed by atoms with Crippen molar-refractivity contribution in [2.24, 2.45) is 5.73 Å². The Balaban J connectivity index is 1.75. The second-order valence-corrected chi connectivity index (χ2v) is 7.73. The van der Waals surface area contributed by atoms with Gasteiger partial charge in [-0.2, -0.15) is 16.7 Å². The molecule has 5 nitrogen and oxygen atoms in total. The molecule has 2 aliphatic heterocycles. The third-order valence-electron chi connectivity index (χ3n) is 3.63. The lowest BCUT2D eigenvalue weighted by Gasteiger charge is -2.26. The minimum Gasteiger partial charge on any atom is -0.381 e. The van der Waals surface area contributed by atoms with E-state index in [2.05, 4.69) is 17.1 Å². The Kier molecular flexibility index (Phi) is 4.36. The largest absolute Gasteiger partial charge is 0.381 e. The summed E-state index contributed by atoms with van der Waals surface area (Å²) in [5, 5.41) is 5.03. The first-order chi connectivity index (χ1) is 9.25. The molecule has 1 aromatic heterocycles. The molecular formula is C12H19N3O2S2. The van der Waals surface area contributed by atoms with E-state index < -0.39 is 0 Å². The Hall–Kier alpha value is -0.240. The van der Waals surface area contributed by atoms with Gasteiger partial charge in [-0.3, -0.25) is 0 Å². The molecule has 7 heteroatoms. The first kappa shape index (κ1) is 13.7. The molecule has 0 spiro atoms. The van der Waals surface area contributed by atoms with Crippen LogP contribution < -0.4 is 5.73 Å². The maximum atomic E-state index is 6.11. The topological polar surface area (TPSA) is 74.2 Å². The first-order valence-electron chi connectivity index (χ1n) is 6.65. The van der Waals surface area contributed by atoms with Crippen molar-refractivity contribution in [2.75, 3.05) is 24.7 Å². The highest BCUT2D eigenvalue weighted by atomic mass is 32.2. The molecule has 0 radical (unpaired) electrons. The second kappa shape index (κ2) is 6.03. The van der Waals surface area contributed by atoms with Crippen LogP contribution in [0.25, 0.3) is 0 Å². The lowest BCUT2D eigenvalue weighted by Crippen LogP contribution is -2.37. The number of thioether (sulfide) groups is 2. The number of nitrogens with two attached hydrogens (primary N) is 1. The van der Waals surface area contributed by atoms with E-state index in [1.165, 1.54) is 5.75 Å². The number of nitrogens with zero attached hydrogens (tertiary/aromatic N) is 2. The summed E-state index contributed by atoms with van der Waals surface area (Å²) in [6.45, 7) is 3.54. The Morgan fingerprint density at radius 2 is 2.16 bits per heavy atom. The molecule has 1 aromatic rings. The van der Waals surface area contributed by atoms with Gasteiger partial charge in [-0.15, -0.1) is 11.8 Å². The van der Waals surface area contributed by atoms with E-state index in [0.29, 0.717) is 23.0 Å². The van der Waals surface area contributed by atoms with Gasteiger partial charge in [0.05, 0.1) is 17.8 Å². The molecule has 2 aliphatic rings. The normalized spacial score (nSPS) is 36.3. The van der Waals surface area contributed by atoms with Gasteiger partial charge in [0.2, 0.25) is 5.89 Å². The predicted molar refractivity (Wildman–Crippen MR) is 77.6 cm³/mol. The Morgan fingerprint density at radius 3 is 2.95 bits per heavy atom. The summed E-state index contributed by atoms with van der Waals surface area (Å²) in [7, 11) is 0. The molecular weight excluding hydrogens is 282 g/mol. The van der Waals surface area contributed by atoms with Gasteiger partial charge in [-0.25, -0.2) is 0 Å². The maximum Gasteiger partial charge on any atom is 0.233 e. The van der Waals surface area contributed by atoms with Gasteiger partial charge in [0, 0.05) is 29.4 Å². The van der Waals surface area contributed by atoms with E-state index in [1.807, 2.05) is 23.5 Å². The van der Waals surface area contributed by atoms with Crippen molar-refractivity contribution in [3.63, 3.8) is 0 Å². The number of ether oxygens (including phenoxy) is 1. The molecule has 4 unspecified atom stereocenters. The molecule has 0 saturated carbocycles. The smallest absolute Gasteiger partial charge is 0.233 e. The van der Waals surface area contributed by atoms with E-state index in [-0.39, 0.29) is 12.0 Å². The van der Waals surface area contributed by atoms with Crippen molar-refractivity contribution in [1.29, 1.82) is 0 Å². The molecule has 0 bridgehead atoms. The summed E-state index contributed by atoms with van der Waals surface area (Å²) in [5.74, 6) is 3.86. The standard InChI is InChI=1S/C12H19N3O2S2/c1-7-10(19-5-4-18-7)11-14-12(17-15-11)8-6-16-3-2-9(8)13/h7-10H,2-6,13H2,1H3. The summed E-state index contributed by atoms with van der Waals surface area (Å²) in [6.07, 6.45) is 0.854. The molecule has 0 aromatic carbocycles. The van der Waals surface area contributed by atoms with Crippen LogP contribution in [-0.4, -0.2) is 46.2 Å². The summed E-state index contributed by atoms with van der Waals surface area (Å²) >= 11 is 3.89. The zero-order valence-electron chi connectivity index (χ0n) is 10.9. The summed E-state index contributed by atoms with van der Waals surface area (Å²) < 4.78 is 10.9. The highest BCUT2D eigenvalue weighted by Crippen LogP contribution is 2.41. The summed E-state index contributed by atoms with van der Waals surface area (Å²) in [6, 6.07) is 0.0628. The maximum absolute atomic E-state index is 6.11. The van der Waals surface area contributed by atoms with Crippen molar-refractivity contribution in [2.45, 2.75) is 35.8 Å². The predicted octanol–water partition coefficient (Wildman–Crippen LogP) is 1.81. The van der Waals surface area contributed by atoms with Crippen LogP contribution in [0.4, 0.5) is 0 Å². The third kappa shape index (κ3) is 2.94. The van der Waals surface area contributed by atoms with E-state index in [9.17, 15) is 0 Å². The van der Waals surface area contributed by atoms with Gasteiger partial charge in [0.25, 0.3) is 0 Å². The van der Waals surface area contributed by atoms with Crippen molar-refractivity contribution < 1.29 is 9.26 Å². The van der Waals surface area contributed by atoms with Gasteiger partial charge in [-0.1, -0.05) is 12.1 Å². The highest BCUT2D eigenvalue weighted by molar-refractivity contribution is 8.06. The fourth-order valence-electron chi connectivity index (χ4n) is 2.44. The monoisotopic (exact) mass is 301 g/mol. The zero-order valence-corrected chi connectivity index (χ0v) is 12.6. The number of hydrogen-bond donors (Lipinski definition) is 1. The number of hydrogen-bond acceptors (Lipinski definition) is 7. The van der Waals surface area contributed by atoms with Gasteiger partial charge in [0.15, 0.2) is 5.82 Å². The average Bonchev–Trinajstić information content (AvgIpc) is 2.89. The van der Waals surface area contributed by atoms with Gasteiger partial charge in [-0.05, 0) is 6.42 Å². The van der Waals surface area contributed by atoms with Crippen LogP contribution >= 0.6 is 23.5 Å².